The summed E-state index contributed by atoms with van der Waals surface area (Å²) in [6.07, 6.45) is 4.20. The molecular weight excluding hydrogens is 164 g/mol. The van der Waals surface area contributed by atoms with Crippen molar-refractivity contribution in [1.29, 1.82) is 0 Å². The molecule has 0 amide bonds. The highest BCUT2D eigenvalue weighted by Gasteiger charge is 1.97. The summed E-state index contributed by atoms with van der Waals surface area (Å²) in [6, 6.07) is 7.22. The van der Waals surface area contributed by atoms with Crippen LogP contribution in [0.5, 0.6) is 5.75 Å². The fraction of sp³-hybridized carbons (Fsp3) is 0.100. The fourth-order valence-corrected chi connectivity index (χ4v) is 1.27. The van der Waals surface area contributed by atoms with E-state index in [1.807, 2.05) is 12.1 Å². The van der Waals surface area contributed by atoms with Crippen molar-refractivity contribution in [3.63, 3.8) is 0 Å². The lowest BCUT2D eigenvalue weighted by atomic mass is 10.1. The molecule has 1 heterocycles. The molecule has 0 aliphatic rings. The van der Waals surface area contributed by atoms with Gasteiger partial charge in [-0.25, -0.2) is 4.98 Å². The van der Waals surface area contributed by atoms with Gasteiger partial charge in [0, 0.05) is 18.3 Å². The number of phenols is 1. The molecule has 0 unspecified atom stereocenters. The Balaban J connectivity index is 2.19. The van der Waals surface area contributed by atoms with Crippen molar-refractivity contribution >= 4 is 0 Å². The van der Waals surface area contributed by atoms with Crippen LogP contribution in [-0.2, 0) is 6.42 Å². The van der Waals surface area contributed by atoms with Gasteiger partial charge in [-0.1, -0.05) is 12.1 Å². The van der Waals surface area contributed by atoms with Crippen LogP contribution in [0.4, 0.5) is 0 Å². The molecule has 0 fully saturated rings. The van der Waals surface area contributed by atoms with Gasteiger partial charge in [0.15, 0.2) is 0 Å². The average molecular weight is 174 g/mol. The Labute approximate surface area is 76.1 Å². The SMILES string of the molecule is Oc1cccc(Cc2cnc[nH]2)c1. The molecule has 13 heavy (non-hydrogen) atoms. The Morgan fingerprint density at radius 1 is 1.38 bits per heavy atom. The van der Waals surface area contributed by atoms with Crippen LogP contribution in [0.15, 0.2) is 36.8 Å². The Bertz CT molecular complexity index is 382. The molecule has 0 aliphatic heterocycles. The van der Waals surface area contributed by atoms with Gasteiger partial charge in [0.2, 0.25) is 0 Å². The molecule has 0 spiro atoms. The van der Waals surface area contributed by atoms with E-state index < -0.39 is 0 Å². The van der Waals surface area contributed by atoms with Crippen LogP contribution in [0.1, 0.15) is 11.3 Å². The number of benzene rings is 1. The molecule has 2 N–H and O–H groups in total. The number of hydrogen-bond donors (Lipinski definition) is 2. The molecule has 2 aromatic rings. The van der Waals surface area contributed by atoms with Crippen molar-refractivity contribution in [2.45, 2.75) is 6.42 Å². The summed E-state index contributed by atoms with van der Waals surface area (Å²) in [5.74, 6) is 0.303. The third-order valence-electron chi connectivity index (χ3n) is 1.86. The van der Waals surface area contributed by atoms with Crippen LogP contribution in [-0.4, -0.2) is 15.1 Å². The summed E-state index contributed by atoms with van der Waals surface area (Å²) in [7, 11) is 0. The van der Waals surface area contributed by atoms with Gasteiger partial charge in [0.05, 0.1) is 6.33 Å². The zero-order chi connectivity index (χ0) is 9.10. The zero-order valence-corrected chi connectivity index (χ0v) is 7.07. The largest absolute Gasteiger partial charge is 0.508 e. The van der Waals surface area contributed by atoms with Crippen molar-refractivity contribution in [1.82, 2.24) is 9.97 Å². The first-order valence-corrected chi connectivity index (χ1v) is 4.10. The summed E-state index contributed by atoms with van der Waals surface area (Å²) in [5.41, 5.74) is 2.12. The van der Waals surface area contributed by atoms with Gasteiger partial charge in [0.25, 0.3) is 0 Å². The maximum Gasteiger partial charge on any atom is 0.115 e. The molecule has 0 atom stereocenters. The second-order valence-electron chi connectivity index (χ2n) is 2.92. The third kappa shape index (κ3) is 1.87. The molecular formula is C10H10N2O. The number of nitrogens with zero attached hydrogens (tertiary/aromatic N) is 1. The highest BCUT2D eigenvalue weighted by molar-refractivity contribution is 5.29. The summed E-state index contributed by atoms with van der Waals surface area (Å²) in [4.78, 5) is 6.94. The zero-order valence-electron chi connectivity index (χ0n) is 7.07. The van der Waals surface area contributed by atoms with E-state index >= 15 is 0 Å². The first-order valence-electron chi connectivity index (χ1n) is 4.10. The van der Waals surface area contributed by atoms with E-state index in [-0.39, 0.29) is 0 Å². The van der Waals surface area contributed by atoms with E-state index in [0.717, 1.165) is 17.7 Å². The van der Waals surface area contributed by atoms with E-state index in [9.17, 15) is 5.11 Å². The van der Waals surface area contributed by atoms with E-state index in [1.165, 1.54) is 0 Å². The van der Waals surface area contributed by atoms with Gasteiger partial charge < -0.3 is 10.1 Å². The van der Waals surface area contributed by atoms with Gasteiger partial charge in [-0.15, -0.1) is 0 Å². The van der Waals surface area contributed by atoms with Crippen LogP contribution < -0.4 is 0 Å². The molecule has 0 bridgehead atoms. The van der Waals surface area contributed by atoms with Crippen molar-refractivity contribution < 1.29 is 5.11 Å². The second-order valence-corrected chi connectivity index (χ2v) is 2.92. The maximum atomic E-state index is 9.22. The number of phenolic OH excluding ortho intramolecular Hbond substituents is 1. The lowest BCUT2D eigenvalue weighted by molar-refractivity contribution is 0.474. The Morgan fingerprint density at radius 3 is 3.00 bits per heavy atom. The van der Waals surface area contributed by atoms with Gasteiger partial charge in [-0.05, 0) is 17.7 Å². The van der Waals surface area contributed by atoms with E-state index in [4.69, 9.17) is 0 Å². The second kappa shape index (κ2) is 3.31. The van der Waals surface area contributed by atoms with Crippen LogP contribution in [0.2, 0.25) is 0 Å². The first kappa shape index (κ1) is 7.86. The fourth-order valence-electron chi connectivity index (χ4n) is 1.27. The quantitative estimate of drug-likeness (QED) is 0.728. The monoisotopic (exact) mass is 174 g/mol. The van der Waals surface area contributed by atoms with Crippen molar-refractivity contribution in [2.24, 2.45) is 0 Å². The minimum atomic E-state index is 0.303. The summed E-state index contributed by atoms with van der Waals surface area (Å²) in [6.45, 7) is 0. The standard InChI is InChI=1S/C10H10N2O/c13-10-3-1-2-8(5-10)4-9-6-11-7-12-9/h1-3,5-7,13H,4H2,(H,11,12). The first-order chi connectivity index (χ1) is 6.34. The predicted molar refractivity (Wildman–Crippen MR) is 49.5 cm³/mol. The molecule has 66 valence electrons. The van der Waals surface area contributed by atoms with E-state index in [1.54, 1.807) is 24.7 Å². The minimum absolute atomic E-state index is 0.303. The number of aromatic hydroxyl groups is 1. The number of H-pyrrole nitrogens is 1. The van der Waals surface area contributed by atoms with Gasteiger partial charge >= 0.3 is 0 Å². The number of nitrogens with one attached hydrogen (secondary N) is 1. The van der Waals surface area contributed by atoms with Crippen LogP contribution >= 0.6 is 0 Å². The molecule has 2 rings (SSSR count). The molecule has 1 aromatic carbocycles. The van der Waals surface area contributed by atoms with E-state index in [2.05, 4.69) is 9.97 Å². The minimum Gasteiger partial charge on any atom is -0.508 e. The van der Waals surface area contributed by atoms with Gasteiger partial charge in [0.1, 0.15) is 5.75 Å². The molecule has 0 saturated heterocycles. The van der Waals surface area contributed by atoms with Gasteiger partial charge in [-0.3, -0.25) is 0 Å². The van der Waals surface area contributed by atoms with Gasteiger partial charge in [-0.2, -0.15) is 0 Å². The Morgan fingerprint density at radius 2 is 2.31 bits per heavy atom. The lowest BCUT2D eigenvalue weighted by Crippen LogP contribution is -1.86. The average Bonchev–Trinajstić information content (AvgIpc) is 2.57. The Kier molecular flexibility index (Phi) is 2.00. The summed E-state index contributed by atoms with van der Waals surface area (Å²) < 4.78 is 0. The van der Waals surface area contributed by atoms with Crippen molar-refractivity contribution in [2.75, 3.05) is 0 Å². The molecule has 3 heteroatoms. The maximum absolute atomic E-state index is 9.22. The van der Waals surface area contributed by atoms with E-state index in [0.29, 0.717) is 5.75 Å². The molecule has 0 radical (unpaired) electrons. The Hall–Kier alpha value is -1.77. The van der Waals surface area contributed by atoms with Crippen LogP contribution in [0.3, 0.4) is 0 Å². The number of hydrogen-bond acceptors (Lipinski definition) is 2. The number of imidazole rings is 1. The summed E-state index contributed by atoms with van der Waals surface area (Å²) >= 11 is 0. The number of aromatic nitrogens is 2. The number of rotatable bonds is 2. The van der Waals surface area contributed by atoms with Crippen LogP contribution in [0.25, 0.3) is 0 Å². The van der Waals surface area contributed by atoms with Crippen molar-refractivity contribution in [3.8, 4) is 5.75 Å². The molecule has 3 nitrogen and oxygen atoms in total. The normalized spacial score (nSPS) is 10.2. The smallest absolute Gasteiger partial charge is 0.115 e. The van der Waals surface area contributed by atoms with Crippen molar-refractivity contribution in [3.05, 3.63) is 48.0 Å². The topological polar surface area (TPSA) is 48.9 Å². The predicted octanol–water partition coefficient (Wildman–Crippen LogP) is 1.71. The summed E-state index contributed by atoms with van der Waals surface area (Å²) in [5, 5.41) is 9.22. The third-order valence-corrected chi connectivity index (χ3v) is 1.86. The molecule has 0 aliphatic carbocycles. The number of aromatic amines is 1. The highest BCUT2D eigenvalue weighted by Crippen LogP contribution is 2.13. The molecule has 1 aromatic heterocycles. The van der Waals surface area contributed by atoms with Crippen LogP contribution in [0, 0.1) is 0 Å². The molecule has 0 saturated carbocycles. The lowest BCUT2D eigenvalue weighted by Gasteiger charge is -1.98. The highest BCUT2D eigenvalue weighted by atomic mass is 16.3.